The average Bonchev–Trinajstić information content (AvgIpc) is 3.36. The number of nitrogens with one attached hydrogen (secondary N) is 1. The molecule has 1 fully saturated rings. The number of nitrogen functional groups attached to an aromatic ring is 1. The highest BCUT2D eigenvalue weighted by molar-refractivity contribution is 6.36. The Morgan fingerprint density at radius 3 is 2.87 bits per heavy atom. The number of nitrogens with zero attached hydrogens (tertiary/aromatic N) is 3. The molecule has 3 unspecified atom stereocenters. The van der Waals surface area contributed by atoms with E-state index in [0.29, 0.717) is 35.8 Å². The molecule has 1 aliphatic rings. The minimum absolute atomic E-state index is 0.0489. The summed E-state index contributed by atoms with van der Waals surface area (Å²) >= 11 is 12.3. The van der Waals surface area contributed by atoms with Gasteiger partial charge in [-0.2, -0.15) is 5.10 Å². The molecule has 0 saturated carbocycles. The number of anilines is 1. The molecule has 1 aliphatic heterocycles. The first-order valence-electron chi connectivity index (χ1n) is 9.77. The van der Waals surface area contributed by atoms with Gasteiger partial charge in [-0.05, 0) is 31.5 Å². The molecule has 0 aliphatic carbocycles. The number of aromatic nitrogens is 3. The fourth-order valence-corrected chi connectivity index (χ4v) is 4.30. The molecule has 0 bridgehead atoms. The highest BCUT2D eigenvalue weighted by Gasteiger charge is 2.24. The lowest BCUT2D eigenvalue weighted by Crippen LogP contribution is -2.26. The predicted octanol–water partition coefficient (Wildman–Crippen LogP) is 4.81. The third kappa shape index (κ3) is 4.76. The zero-order chi connectivity index (χ0) is 22.1. The van der Waals surface area contributed by atoms with E-state index in [1.54, 1.807) is 30.1 Å². The van der Waals surface area contributed by atoms with E-state index in [9.17, 15) is 8.78 Å². The number of hydrogen-bond donors (Lipinski definition) is 2. The molecule has 3 N–H and O–H groups in total. The minimum atomic E-state index is -0.817. The maximum atomic E-state index is 13.9. The Balaban J connectivity index is 1.53. The van der Waals surface area contributed by atoms with Crippen molar-refractivity contribution in [2.75, 3.05) is 12.3 Å². The van der Waals surface area contributed by atoms with E-state index in [1.165, 1.54) is 12.1 Å². The number of hydrogen-bond acceptors (Lipinski definition) is 5. The summed E-state index contributed by atoms with van der Waals surface area (Å²) in [7, 11) is 0. The lowest BCUT2D eigenvalue weighted by atomic mass is 10.1. The summed E-state index contributed by atoms with van der Waals surface area (Å²) in [5.74, 6) is -0.0951. The molecule has 3 heterocycles. The summed E-state index contributed by atoms with van der Waals surface area (Å²) in [5.41, 5.74) is 7.86. The molecule has 4 rings (SSSR count). The number of halogens is 4. The van der Waals surface area contributed by atoms with Gasteiger partial charge in [-0.1, -0.05) is 23.2 Å². The number of rotatable bonds is 6. The zero-order valence-electron chi connectivity index (χ0n) is 16.7. The Bertz CT molecular complexity index is 1090. The van der Waals surface area contributed by atoms with Gasteiger partial charge in [-0.25, -0.2) is 13.8 Å². The largest absolute Gasteiger partial charge is 0.482 e. The molecule has 2 aromatic heterocycles. The molecule has 31 heavy (non-hydrogen) atoms. The van der Waals surface area contributed by atoms with Gasteiger partial charge in [0.2, 0.25) is 0 Å². The molecule has 1 saturated heterocycles. The molecular formula is C21H21Cl2F2N5O. The first kappa shape index (κ1) is 21.8. The van der Waals surface area contributed by atoms with Crippen molar-refractivity contribution < 1.29 is 13.5 Å². The van der Waals surface area contributed by atoms with E-state index in [-0.39, 0.29) is 16.9 Å². The second kappa shape index (κ2) is 8.98. The topological polar surface area (TPSA) is 78.0 Å². The lowest BCUT2D eigenvalue weighted by molar-refractivity contribution is 0.227. The van der Waals surface area contributed by atoms with E-state index in [1.807, 2.05) is 6.20 Å². The highest BCUT2D eigenvalue weighted by Crippen LogP contribution is 2.36. The summed E-state index contributed by atoms with van der Waals surface area (Å²) in [5, 5.41) is 7.68. The lowest BCUT2D eigenvalue weighted by Gasteiger charge is -2.19. The highest BCUT2D eigenvalue weighted by atomic mass is 35.5. The van der Waals surface area contributed by atoms with E-state index < -0.39 is 18.1 Å². The number of alkyl halides is 1. The summed E-state index contributed by atoms with van der Waals surface area (Å²) in [6, 6.07) is 4.40. The zero-order valence-corrected chi connectivity index (χ0v) is 18.2. The maximum Gasteiger partial charge on any atom is 0.166 e. The van der Waals surface area contributed by atoms with Crippen LogP contribution >= 0.6 is 23.2 Å². The van der Waals surface area contributed by atoms with Crippen molar-refractivity contribution >= 4 is 29.0 Å². The first-order chi connectivity index (χ1) is 14.8. The van der Waals surface area contributed by atoms with Crippen molar-refractivity contribution in [1.29, 1.82) is 0 Å². The smallest absolute Gasteiger partial charge is 0.166 e. The second-order valence-electron chi connectivity index (χ2n) is 7.51. The quantitative estimate of drug-likeness (QED) is 0.508. The Labute approximate surface area is 188 Å². The van der Waals surface area contributed by atoms with Crippen molar-refractivity contribution in [3.63, 3.8) is 0 Å². The standard InChI is InChI=1S/C21H21Cl2F2N5O/c1-11(19-16(22)2-3-17(25)20(19)23)31-18-4-12(6-28-21(18)26)13-7-29-30(9-13)10-15-5-14(24)8-27-15/h2-4,6-7,9,11,14-15,27H,5,8,10H2,1H3,(H2,26,28). The van der Waals surface area contributed by atoms with Crippen LogP contribution in [-0.2, 0) is 6.54 Å². The maximum absolute atomic E-state index is 13.9. The van der Waals surface area contributed by atoms with Gasteiger partial charge in [0.05, 0.1) is 17.8 Å². The number of nitrogens with two attached hydrogens (primary N) is 1. The fraction of sp³-hybridized carbons (Fsp3) is 0.333. The number of ether oxygens (including phenoxy) is 1. The van der Waals surface area contributed by atoms with Crippen LogP contribution in [0.15, 0.2) is 36.8 Å². The van der Waals surface area contributed by atoms with Crippen LogP contribution in [0.4, 0.5) is 14.6 Å². The van der Waals surface area contributed by atoms with Crippen molar-refractivity contribution in [2.45, 2.75) is 38.2 Å². The molecule has 164 valence electrons. The third-order valence-electron chi connectivity index (χ3n) is 5.21. The Hall–Kier alpha value is -2.42. The predicted molar refractivity (Wildman–Crippen MR) is 117 cm³/mol. The van der Waals surface area contributed by atoms with Crippen molar-refractivity contribution in [1.82, 2.24) is 20.1 Å². The summed E-state index contributed by atoms with van der Waals surface area (Å²) in [6.07, 6.45) is 4.15. The van der Waals surface area contributed by atoms with Gasteiger partial charge < -0.3 is 15.8 Å². The van der Waals surface area contributed by atoms with Gasteiger partial charge in [-0.3, -0.25) is 4.68 Å². The van der Waals surface area contributed by atoms with Crippen LogP contribution in [0.3, 0.4) is 0 Å². The van der Waals surface area contributed by atoms with Crippen molar-refractivity contribution in [2.24, 2.45) is 0 Å². The SMILES string of the molecule is CC(Oc1cc(-c2cnn(CC3CC(F)CN3)c2)cnc1N)c1c(Cl)ccc(F)c1Cl. The summed E-state index contributed by atoms with van der Waals surface area (Å²) < 4.78 is 34.9. The molecular weight excluding hydrogens is 447 g/mol. The number of pyridine rings is 1. The fourth-order valence-electron chi connectivity index (χ4n) is 3.62. The minimum Gasteiger partial charge on any atom is -0.482 e. The van der Waals surface area contributed by atoms with Crippen LogP contribution in [-0.4, -0.2) is 33.5 Å². The van der Waals surface area contributed by atoms with Gasteiger partial charge in [0.1, 0.15) is 18.1 Å². The van der Waals surface area contributed by atoms with E-state index in [2.05, 4.69) is 15.4 Å². The van der Waals surface area contributed by atoms with Crippen LogP contribution in [0.2, 0.25) is 10.0 Å². The second-order valence-corrected chi connectivity index (χ2v) is 8.30. The van der Waals surface area contributed by atoms with Gasteiger partial charge >= 0.3 is 0 Å². The van der Waals surface area contributed by atoms with Crippen LogP contribution < -0.4 is 15.8 Å². The normalized spacial score (nSPS) is 19.5. The molecule has 6 nitrogen and oxygen atoms in total. The van der Waals surface area contributed by atoms with Gasteiger partial charge in [0.15, 0.2) is 11.6 Å². The Morgan fingerprint density at radius 2 is 2.13 bits per heavy atom. The van der Waals surface area contributed by atoms with Crippen LogP contribution in [0.5, 0.6) is 5.75 Å². The Morgan fingerprint density at radius 1 is 1.32 bits per heavy atom. The molecule has 1 aromatic carbocycles. The van der Waals surface area contributed by atoms with Crippen LogP contribution in [0, 0.1) is 5.82 Å². The van der Waals surface area contributed by atoms with Gasteiger partial charge in [-0.15, -0.1) is 0 Å². The molecule has 0 radical (unpaired) electrons. The summed E-state index contributed by atoms with van der Waals surface area (Å²) in [6.45, 7) is 2.64. The van der Waals surface area contributed by atoms with Crippen LogP contribution in [0.1, 0.15) is 25.0 Å². The van der Waals surface area contributed by atoms with E-state index in [0.717, 1.165) is 11.1 Å². The monoisotopic (exact) mass is 467 g/mol. The van der Waals surface area contributed by atoms with Gasteiger partial charge in [0.25, 0.3) is 0 Å². The Kier molecular flexibility index (Phi) is 6.31. The van der Waals surface area contributed by atoms with E-state index in [4.69, 9.17) is 33.7 Å². The van der Waals surface area contributed by atoms with Crippen LogP contribution in [0.25, 0.3) is 11.1 Å². The first-order valence-corrected chi connectivity index (χ1v) is 10.5. The summed E-state index contributed by atoms with van der Waals surface area (Å²) in [4.78, 5) is 4.20. The molecule has 0 amide bonds. The molecule has 3 aromatic rings. The van der Waals surface area contributed by atoms with Gasteiger partial charge in [0, 0.05) is 46.7 Å². The average molecular weight is 468 g/mol. The molecule has 3 atom stereocenters. The molecule has 0 spiro atoms. The van der Waals surface area contributed by atoms with E-state index >= 15 is 0 Å². The third-order valence-corrected chi connectivity index (χ3v) is 5.93. The van der Waals surface area contributed by atoms with Crippen molar-refractivity contribution in [3.8, 4) is 16.9 Å². The number of benzene rings is 1. The molecule has 10 heteroatoms. The van der Waals surface area contributed by atoms with Crippen molar-refractivity contribution in [3.05, 3.63) is 58.2 Å².